The summed E-state index contributed by atoms with van der Waals surface area (Å²) in [6.45, 7) is 2.57. The molecule has 28 heavy (non-hydrogen) atoms. The van der Waals surface area contributed by atoms with Crippen LogP contribution in [0.15, 0.2) is 66.7 Å². The van der Waals surface area contributed by atoms with Gasteiger partial charge in [-0.2, -0.15) is 0 Å². The van der Waals surface area contributed by atoms with Gasteiger partial charge in [0.25, 0.3) is 0 Å². The molecule has 0 unspecified atom stereocenters. The van der Waals surface area contributed by atoms with E-state index in [1.165, 1.54) is 0 Å². The van der Waals surface area contributed by atoms with E-state index in [0.717, 1.165) is 40.8 Å². The Labute approximate surface area is 164 Å². The second kappa shape index (κ2) is 7.72. The number of nitrogens with zero attached hydrogens (tertiary/aromatic N) is 1. The molecule has 2 N–H and O–H groups in total. The summed E-state index contributed by atoms with van der Waals surface area (Å²) < 4.78 is 0. The molecule has 1 aliphatic heterocycles. The molecule has 4 rings (SSSR count). The molecule has 1 fully saturated rings. The maximum absolute atomic E-state index is 12.6. The van der Waals surface area contributed by atoms with Crippen LogP contribution in [0.4, 0.5) is 17.1 Å². The lowest BCUT2D eigenvalue weighted by atomic mass is 10.1. The van der Waals surface area contributed by atoms with Gasteiger partial charge in [-0.05, 0) is 54.4 Å². The SMILES string of the molecule is C[C@H](Nc1cccc(N2CCCC2=O)c1)C(=O)Nc1ccc2ccccc2c1. The molecule has 1 atom stereocenters. The van der Waals surface area contributed by atoms with E-state index >= 15 is 0 Å². The molecule has 0 bridgehead atoms. The van der Waals surface area contributed by atoms with Crippen molar-refractivity contribution in [2.75, 3.05) is 22.1 Å². The molecule has 3 aromatic carbocycles. The van der Waals surface area contributed by atoms with Crippen LogP contribution >= 0.6 is 0 Å². The highest BCUT2D eigenvalue weighted by Gasteiger charge is 2.22. The predicted molar refractivity (Wildman–Crippen MR) is 114 cm³/mol. The van der Waals surface area contributed by atoms with Gasteiger partial charge in [0.05, 0.1) is 0 Å². The second-order valence-corrected chi connectivity index (χ2v) is 7.12. The Kier molecular flexibility index (Phi) is 4.98. The first kappa shape index (κ1) is 18.0. The van der Waals surface area contributed by atoms with E-state index in [4.69, 9.17) is 0 Å². The van der Waals surface area contributed by atoms with Crippen LogP contribution < -0.4 is 15.5 Å². The minimum atomic E-state index is -0.420. The van der Waals surface area contributed by atoms with Crippen molar-refractivity contribution < 1.29 is 9.59 Å². The van der Waals surface area contributed by atoms with Crippen LogP contribution in [0.1, 0.15) is 19.8 Å². The summed E-state index contributed by atoms with van der Waals surface area (Å²) in [5.41, 5.74) is 2.46. The van der Waals surface area contributed by atoms with Gasteiger partial charge in [0.15, 0.2) is 0 Å². The first-order chi connectivity index (χ1) is 13.6. The Morgan fingerprint density at radius 3 is 2.57 bits per heavy atom. The first-order valence-corrected chi connectivity index (χ1v) is 9.57. The van der Waals surface area contributed by atoms with Crippen LogP contribution in [-0.4, -0.2) is 24.4 Å². The normalized spacial score (nSPS) is 14.9. The molecule has 0 aliphatic carbocycles. The molecule has 0 spiro atoms. The molecular formula is C23H23N3O2. The second-order valence-electron chi connectivity index (χ2n) is 7.12. The van der Waals surface area contributed by atoms with Crippen molar-refractivity contribution in [1.29, 1.82) is 0 Å². The summed E-state index contributed by atoms with van der Waals surface area (Å²) >= 11 is 0. The Balaban J connectivity index is 1.43. The minimum absolute atomic E-state index is 0.113. The molecule has 5 nitrogen and oxygen atoms in total. The van der Waals surface area contributed by atoms with Crippen molar-refractivity contribution in [2.45, 2.75) is 25.8 Å². The molecule has 2 amide bonds. The molecule has 0 saturated carbocycles. The molecule has 0 aromatic heterocycles. The average Bonchev–Trinajstić information content (AvgIpc) is 3.14. The highest BCUT2D eigenvalue weighted by atomic mass is 16.2. The zero-order chi connectivity index (χ0) is 19.5. The first-order valence-electron chi connectivity index (χ1n) is 9.57. The van der Waals surface area contributed by atoms with Gasteiger partial charge in [-0.15, -0.1) is 0 Å². The number of fused-ring (bicyclic) bond motifs is 1. The molecule has 5 heteroatoms. The predicted octanol–water partition coefficient (Wildman–Crippen LogP) is 4.41. The highest BCUT2D eigenvalue weighted by molar-refractivity contribution is 5.99. The van der Waals surface area contributed by atoms with Crippen molar-refractivity contribution in [3.63, 3.8) is 0 Å². The zero-order valence-corrected chi connectivity index (χ0v) is 15.8. The Hall–Kier alpha value is -3.34. The number of carbonyl (C=O) groups is 2. The molecule has 142 valence electrons. The van der Waals surface area contributed by atoms with Crippen LogP contribution in [-0.2, 0) is 9.59 Å². The van der Waals surface area contributed by atoms with Gasteiger partial charge in [-0.3, -0.25) is 9.59 Å². The maximum Gasteiger partial charge on any atom is 0.246 e. The van der Waals surface area contributed by atoms with Gasteiger partial charge < -0.3 is 15.5 Å². The molecule has 1 aliphatic rings. The summed E-state index contributed by atoms with van der Waals surface area (Å²) in [6, 6.07) is 21.2. The maximum atomic E-state index is 12.6. The smallest absolute Gasteiger partial charge is 0.246 e. The van der Waals surface area contributed by atoms with E-state index in [-0.39, 0.29) is 11.8 Å². The van der Waals surface area contributed by atoms with E-state index < -0.39 is 6.04 Å². The minimum Gasteiger partial charge on any atom is -0.374 e. The number of benzene rings is 3. The van der Waals surface area contributed by atoms with Crippen LogP contribution in [0.3, 0.4) is 0 Å². The van der Waals surface area contributed by atoms with Gasteiger partial charge in [-0.25, -0.2) is 0 Å². The third kappa shape index (κ3) is 3.83. The summed E-state index contributed by atoms with van der Waals surface area (Å²) in [4.78, 5) is 26.4. The zero-order valence-electron chi connectivity index (χ0n) is 15.8. The van der Waals surface area contributed by atoms with Gasteiger partial charge in [-0.1, -0.05) is 36.4 Å². The lowest BCUT2D eigenvalue weighted by Gasteiger charge is -2.19. The Morgan fingerprint density at radius 1 is 0.964 bits per heavy atom. The number of carbonyl (C=O) groups excluding carboxylic acids is 2. The standard InChI is InChI=1S/C23H23N3O2/c1-16(23(28)25-20-12-11-17-6-2-3-7-18(17)14-20)24-19-8-4-9-21(15-19)26-13-5-10-22(26)27/h2-4,6-9,11-12,14-16,24H,5,10,13H2,1H3,(H,25,28)/t16-/m0/s1. The molecular weight excluding hydrogens is 350 g/mol. The van der Waals surface area contributed by atoms with Gasteiger partial charge >= 0.3 is 0 Å². The van der Waals surface area contributed by atoms with Crippen molar-refractivity contribution in [1.82, 2.24) is 0 Å². The molecule has 1 heterocycles. The average molecular weight is 373 g/mol. The third-order valence-corrected chi connectivity index (χ3v) is 5.02. The largest absolute Gasteiger partial charge is 0.374 e. The van der Waals surface area contributed by atoms with Gasteiger partial charge in [0.2, 0.25) is 11.8 Å². The number of amides is 2. The quantitative estimate of drug-likeness (QED) is 0.697. The molecule has 3 aromatic rings. The highest BCUT2D eigenvalue weighted by Crippen LogP contribution is 2.25. The lowest BCUT2D eigenvalue weighted by molar-refractivity contribution is -0.117. The van der Waals surface area contributed by atoms with E-state index in [1.54, 1.807) is 4.90 Å². The number of rotatable bonds is 5. The van der Waals surface area contributed by atoms with Gasteiger partial charge in [0, 0.05) is 30.0 Å². The van der Waals surface area contributed by atoms with Crippen LogP contribution in [0.2, 0.25) is 0 Å². The van der Waals surface area contributed by atoms with Crippen molar-refractivity contribution >= 4 is 39.6 Å². The topological polar surface area (TPSA) is 61.4 Å². The van der Waals surface area contributed by atoms with E-state index in [0.29, 0.717) is 6.42 Å². The van der Waals surface area contributed by atoms with E-state index in [1.807, 2.05) is 73.7 Å². The van der Waals surface area contributed by atoms with E-state index in [9.17, 15) is 9.59 Å². The van der Waals surface area contributed by atoms with E-state index in [2.05, 4.69) is 10.6 Å². The Morgan fingerprint density at radius 2 is 1.79 bits per heavy atom. The number of anilines is 3. The van der Waals surface area contributed by atoms with Crippen molar-refractivity contribution in [2.24, 2.45) is 0 Å². The number of hydrogen-bond acceptors (Lipinski definition) is 3. The Bertz CT molecular complexity index is 1030. The fourth-order valence-electron chi connectivity index (χ4n) is 3.52. The summed E-state index contributed by atoms with van der Waals surface area (Å²) in [5.74, 6) is 0.0391. The van der Waals surface area contributed by atoms with Crippen LogP contribution in [0.25, 0.3) is 10.8 Å². The van der Waals surface area contributed by atoms with Gasteiger partial charge in [0.1, 0.15) is 6.04 Å². The molecule has 0 radical (unpaired) electrons. The lowest BCUT2D eigenvalue weighted by Crippen LogP contribution is -2.32. The molecule has 1 saturated heterocycles. The van der Waals surface area contributed by atoms with Crippen molar-refractivity contribution in [3.8, 4) is 0 Å². The van der Waals surface area contributed by atoms with Crippen LogP contribution in [0, 0.1) is 0 Å². The third-order valence-electron chi connectivity index (χ3n) is 5.02. The van der Waals surface area contributed by atoms with Crippen molar-refractivity contribution in [3.05, 3.63) is 66.7 Å². The monoisotopic (exact) mass is 373 g/mol. The fraction of sp³-hybridized carbons (Fsp3) is 0.217. The summed E-state index contributed by atoms with van der Waals surface area (Å²) in [7, 11) is 0. The summed E-state index contributed by atoms with van der Waals surface area (Å²) in [6.07, 6.45) is 1.49. The summed E-state index contributed by atoms with van der Waals surface area (Å²) in [5, 5.41) is 8.42. The van der Waals surface area contributed by atoms with Crippen LogP contribution in [0.5, 0.6) is 0 Å². The number of nitrogens with one attached hydrogen (secondary N) is 2. The number of hydrogen-bond donors (Lipinski definition) is 2. The fourth-order valence-corrected chi connectivity index (χ4v) is 3.52.